The van der Waals surface area contributed by atoms with E-state index in [2.05, 4.69) is 27.7 Å². The minimum absolute atomic E-state index is 0.149. The number of carbonyl (C=O) groups excluding carboxylic acids is 4. The van der Waals surface area contributed by atoms with E-state index in [4.69, 9.17) is 0 Å². The Kier molecular flexibility index (Phi) is 46.5. The summed E-state index contributed by atoms with van der Waals surface area (Å²) in [4.78, 5) is 42.0. The molecule has 0 aliphatic heterocycles. The Morgan fingerprint density at radius 2 is 0.608 bits per heavy atom. The van der Waals surface area contributed by atoms with Crippen LogP contribution in [0.2, 0.25) is 8.87 Å². The molecule has 0 aliphatic rings. The van der Waals surface area contributed by atoms with E-state index in [9.17, 15) is 39.6 Å². The average molecular weight is 826 g/mol. The van der Waals surface area contributed by atoms with Gasteiger partial charge in [0.1, 0.15) is 0 Å². The topological polar surface area (TPSA) is 161 Å². The first-order valence-electron chi connectivity index (χ1n) is 20.5. The van der Waals surface area contributed by atoms with Gasteiger partial charge in [-0.2, -0.15) is 0 Å². The number of aliphatic carboxylic acids is 4. The molecule has 0 rings (SSSR count). The van der Waals surface area contributed by atoms with E-state index in [-0.39, 0.29) is 45.1 Å². The molecule has 0 aliphatic carbocycles. The first-order valence-corrected chi connectivity index (χ1v) is 24.6. The number of carboxylic acid groups (broad SMARTS) is 4. The third-order valence-corrected chi connectivity index (χ3v) is 12.7. The van der Waals surface area contributed by atoms with Crippen molar-refractivity contribution in [3.05, 3.63) is 23.3 Å². The molecular formula is C42H74O8Sn. The predicted octanol–water partition coefficient (Wildman–Crippen LogP) is 7.35. The number of unbranched alkanes of at least 4 members (excludes halogenated alkanes) is 22. The van der Waals surface area contributed by atoms with Crippen molar-refractivity contribution in [1.29, 1.82) is 0 Å². The monoisotopic (exact) mass is 826 g/mol. The third-order valence-electron chi connectivity index (χ3n) is 8.62. The van der Waals surface area contributed by atoms with Gasteiger partial charge in [0.15, 0.2) is 0 Å². The van der Waals surface area contributed by atoms with Gasteiger partial charge in [0.05, 0.1) is 23.9 Å². The molecule has 0 saturated heterocycles. The summed E-state index contributed by atoms with van der Waals surface area (Å²) in [5.74, 6) is -5.77. The number of carboxylic acids is 4. The molecule has 0 saturated carbocycles. The van der Waals surface area contributed by atoms with Crippen LogP contribution in [0.15, 0.2) is 23.3 Å². The van der Waals surface area contributed by atoms with Crippen LogP contribution in [-0.2, 0) is 19.2 Å². The van der Waals surface area contributed by atoms with Crippen molar-refractivity contribution < 1.29 is 39.6 Å². The summed E-state index contributed by atoms with van der Waals surface area (Å²) < 4.78 is 3.25. The van der Waals surface area contributed by atoms with Crippen molar-refractivity contribution in [1.82, 2.24) is 0 Å². The van der Waals surface area contributed by atoms with E-state index in [0.717, 1.165) is 25.7 Å². The van der Waals surface area contributed by atoms with E-state index in [0.29, 0.717) is 25.0 Å². The van der Waals surface area contributed by atoms with Crippen molar-refractivity contribution in [3.8, 4) is 0 Å². The van der Waals surface area contributed by atoms with Crippen molar-refractivity contribution in [2.75, 3.05) is 0 Å². The van der Waals surface area contributed by atoms with Crippen molar-refractivity contribution in [2.45, 2.75) is 216 Å². The van der Waals surface area contributed by atoms with Crippen LogP contribution >= 0.6 is 0 Å². The van der Waals surface area contributed by atoms with Crippen LogP contribution in [0.4, 0.5) is 0 Å². The fourth-order valence-corrected chi connectivity index (χ4v) is 9.60. The first kappa shape index (κ1) is 53.5. The molecule has 9 heteroatoms. The van der Waals surface area contributed by atoms with Crippen LogP contribution in [-0.4, -0.2) is 45.0 Å². The summed E-state index contributed by atoms with van der Waals surface area (Å²) >= 11 is 0.149. The van der Waals surface area contributed by atoms with Gasteiger partial charge in [0.2, 0.25) is 0 Å². The molecule has 294 valence electrons. The summed E-state index contributed by atoms with van der Waals surface area (Å²) in [6.45, 7) is 9.01. The van der Waals surface area contributed by atoms with Gasteiger partial charge < -0.3 is 39.6 Å². The van der Waals surface area contributed by atoms with Gasteiger partial charge in [0, 0.05) is 0 Å². The molecule has 0 aromatic carbocycles. The van der Waals surface area contributed by atoms with E-state index in [1.54, 1.807) is 8.87 Å². The Morgan fingerprint density at radius 3 is 0.824 bits per heavy atom. The van der Waals surface area contributed by atoms with Crippen molar-refractivity contribution >= 4 is 45.0 Å². The molecule has 8 nitrogen and oxygen atoms in total. The Balaban J connectivity index is -0.000000731. The van der Waals surface area contributed by atoms with E-state index < -0.39 is 23.9 Å². The standard InChI is InChI=1S/2C17H30O4.2C4H9.Sn/c2*1-2-3-4-5-6-7-8-9-10-11-12-13-15(17(20)21)14-16(18)19;2*1-3-4-2;/h2*14H,2-13H2,1H3,(H,18,19)(H,20,21);2*1,3-4H2,2H3;/q;;;;+4/p-4/b2*15-14-;;;. The molecule has 0 heterocycles. The van der Waals surface area contributed by atoms with Crippen LogP contribution in [0.5, 0.6) is 0 Å². The van der Waals surface area contributed by atoms with Crippen LogP contribution in [0.3, 0.4) is 0 Å². The molecule has 0 fully saturated rings. The van der Waals surface area contributed by atoms with Crippen LogP contribution in [0.1, 0.15) is 207 Å². The molecule has 0 amide bonds. The van der Waals surface area contributed by atoms with Crippen molar-refractivity contribution in [2.24, 2.45) is 0 Å². The zero-order valence-corrected chi connectivity index (χ0v) is 36.0. The summed E-state index contributed by atoms with van der Waals surface area (Å²) in [7, 11) is 0. The summed E-state index contributed by atoms with van der Waals surface area (Å²) in [5.41, 5.74) is -0.350. The predicted molar refractivity (Wildman–Crippen MR) is 204 cm³/mol. The number of carbonyl (C=O) groups is 4. The fraction of sp³-hybridized carbons (Fsp3) is 0.810. The second-order valence-corrected chi connectivity index (χ2v) is 17.9. The van der Waals surface area contributed by atoms with Gasteiger partial charge in [-0.05, 0) is 49.0 Å². The zero-order valence-electron chi connectivity index (χ0n) is 33.1. The molecule has 0 atom stereocenters. The second kappa shape index (κ2) is 44.3. The SMILES string of the molecule is CCCCCCCCCCCCC/C(=C/C(=O)[O-])C(=O)[O-].CCCCCCCCCCCCC/C(=C/C(=O)[O-])C(=O)[O-].CCC[CH2][Sn+4][CH2]CCC. The number of hydrogen-bond donors (Lipinski definition) is 0. The van der Waals surface area contributed by atoms with Gasteiger partial charge in [0.25, 0.3) is 0 Å². The Hall–Kier alpha value is -1.84. The van der Waals surface area contributed by atoms with Gasteiger partial charge in [-0.25, -0.2) is 0 Å². The van der Waals surface area contributed by atoms with Gasteiger partial charge in [-0.15, -0.1) is 0 Å². The molecular weight excluding hydrogens is 751 g/mol. The molecule has 0 aromatic heterocycles. The quantitative estimate of drug-likeness (QED) is 0.0370. The van der Waals surface area contributed by atoms with Crippen LogP contribution in [0.25, 0.3) is 0 Å². The molecule has 0 aromatic rings. The van der Waals surface area contributed by atoms with Gasteiger partial charge in [-0.3, -0.25) is 0 Å². The summed E-state index contributed by atoms with van der Waals surface area (Å²) in [5, 5.41) is 42.0. The maximum absolute atomic E-state index is 10.7. The summed E-state index contributed by atoms with van der Waals surface area (Å²) in [6, 6.07) is 0. The average Bonchev–Trinajstić information content (AvgIpc) is 3.08. The van der Waals surface area contributed by atoms with E-state index in [1.807, 2.05) is 0 Å². The molecule has 0 spiro atoms. The molecule has 0 unspecified atom stereocenters. The molecule has 6 radical (unpaired) electrons. The molecule has 0 bridgehead atoms. The van der Waals surface area contributed by atoms with Crippen LogP contribution in [0, 0.1) is 0 Å². The summed E-state index contributed by atoms with van der Waals surface area (Å²) in [6.07, 6.45) is 33.5. The minimum atomic E-state index is -1.47. The molecule has 0 N–H and O–H groups in total. The van der Waals surface area contributed by atoms with E-state index in [1.165, 1.54) is 128 Å². The third kappa shape index (κ3) is 48.2. The van der Waals surface area contributed by atoms with E-state index >= 15 is 0 Å². The first-order chi connectivity index (χ1) is 24.6. The van der Waals surface area contributed by atoms with Gasteiger partial charge in [-0.1, -0.05) is 142 Å². The fourth-order valence-electron chi connectivity index (χ4n) is 5.44. The molecule has 51 heavy (non-hydrogen) atoms. The normalized spacial score (nSPS) is 11.3. The Labute approximate surface area is 323 Å². The Morgan fingerprint density at radius 1 is 0.373 bits per heavy atom. The van der Waals surface area contributed by atoms with Crippen LogP contribution < -0.4 is 20.4 Å². The number of rotatable bonds is 34. The Bertz CT molecular complexity index is 814. The number of hydrogen-bond acceptors (Lipinski definition) is 8. The second-order valence-electron chi connectivity index (χ2n) is 13.6. The maximum atomic E-state index is 10.7. The van der Waals surface area contributed by atoms with Crippen molar-refractivity contribution in [3.63, 3.8) is 0 Å². The zero-order chi connectivity index (χ0) is 38.8. The van der Waals surface area contributed by atoms with Gasteiger partial charge >= 0.3 is 69.5 Å².